The van der Waals surface area contributed by atoms with Gasteiger partial charge in [0.15, 0.2) is 0 Å². The largest absolute Gasteiger partial charge is 0.493 e. The lowest BCUT2D eigenvalue weighted by Crippen LogP contribution is -2.44. The Morgan fingerprint density at radius 3 is 2.78 bits per heavy atom. The summed E-state index contributed by atoms with van der Waals surface area (Å²) in [6.45, 7) is 1.23. The SMILES string of the molecule is Cn1nccc1[C@H]1C[C@@H](C(F)(F)F)CCN1C[C@@H]1CCOc2cc(S(=O)(=O)Nc3ncns3)ccc21. The van der Waals surface area contributed by atoms with Crippen LogP contribution in [0.5, 0.6) is 5.75 Å². The van der Waals surface area contributed by atoms with Crippen molar-refractivity contribution >= 4 is 26.7 Å². The third kappa shape index (κ3) is 5.06. The van der Waals surface area contributed by atoms with Crippen LogP contribution in [0.2, 0.25) is 0 Å². The molecule has 0 radical (unpaired) electrons. The summed E-state index contributed by atoms with van der Waals surface area (Å²) < 4.78 is 79.9. The molecule has 2 aliphatic heterocycles. The summed E-state index contributed by atoms with van der Waals surface area (Å²) in [6, 6.07) is 6.09. The minimum Gasteiger partial charge on any atom is -0.493 e. The molecule has 2 aliphatic rings. The number of aryl methyl sites for hydroxylation is 1. The Balaban J connectivity index is 1.38. The summed E-state index contributed by atoms with van der Waals surface area (Å²) in [5, 5.41) is 4.34. The van der Waals surface area contributed by atoms with Crippen molar-refractivity contribution in [1.82, 2.24) is 24.0 Å². The number of fused-ring (bicyclic) bond motifs is 1. The molecule has 0 aliphatic carbocycles. The van der Waals surface area contributed by atoms with E-state index in [9.17, 15) is 21.6 Å². The number of likely N-dealkylation sites (tertiary alicyclic amines) is 1. The average molecular weight is 543 g/mol. The monoisotopic (exact) mass is 542 g/mol. The highest BCUT2D eigenvalue weighted by Crippen LogP contribution is 2.44. The van der Waals surface area contributed by atoms with Gasteiger partial charge in [-0.1, -0.05) is 6.07 Å². The molecule has 2 aromatic heterocycles. The molecule has 5 rings (SSSR count). The number of sulfonamides is 1. The number of aromatic nitrogens is 4. The van der Waals surface area contributed by atoms with Gasteiger partial charge in [0.1, 0.15) is 12.1 Å². The fraction of sp³-hybridized carbons (Fsp3) is 0.500. The first-order chi connectivity index (χ1) is 17.1. The molecule has 1 N–H and O–H groups in total. The summed E-state index contributed by atoms with van der Waals surface area (Å²) >= 11 is 0.930. The van der Waals surface area contributed by atoms with Gasteiger partial charge in [0.2, 0.25) is 5.13 Å². The standard InChI is InChI=1S/C22H25F3N6O3S2/c1-30-18(4-7-27-30)19-10-15(22(23,24)25)5-8-31(19)12-14-6-9-34-20-11-16(2-3-17(14)20)36(32,33)29-21-26-13-28-35-21/h2-4,7,11,13-15,19H,5-6,8-10,12H2,1H3,(H,26,28,29)/t14-,15-,19+/m0/s1. The van der Waals surface area contributed by atoms with Crippen LogP contribution in [0.15, 0.2) is 41.7 Å². The first-order valence-corrected chi connectivity index (χ1v) is 13.7. The Morgan fingerprint density at radius 2 is 2.08 bits per heavy atom. The molecule has 0 saturated carbocycles. The normalized spacial score (nSPS) is 23.2. The summed E-state index contributed by atoms with van der Waals surface area (Å²) in [7, 11) is -2.13. The van der Waals surface area contributed by atoms with Gasteiger partial charge in [0.05, 0.1) is 29.2 Å². The van der Waals surface area contributed by atoms with Crippen molar-refractivity contribution in [3.63, 3.8) is 0 Å². The second-order valence-corrected chi connectivity index (χ2v) is 11.5. The second kappa shape index (κ2) is 9.63. The molecule has 36 heavy (non-hydrogen) atoms. The Bertz CT molecular complexity index is 1310. The number of hydrogen-bond acceptors (Lipinski definition) is 8. The van der Waals surface area contributed by atoms with Crippen molar-refractivity contribution in [2.24, 2.45) is 13.0 Å². The van der Waals surface area contributed by atoms with E-state index in [-0.39, 0.29) is 28.8 Å². The molecular formula is C22H25F3N6O3S2. The van der Waals surface area contributed by atoms with E-state index in [4.69, 9.17) is 4.74 Å². The maximum Gasteiger partial charge on any atom is 0.391 e. The number of nitrogens with one attached hydrogen (secondary N) is 1. The maximum absolute atomic E-state index is 13.6. The van der Waals surface area contributed by atoms with E-state index in [1.54, 1.807) is 30.1 Å². The van der Waals surface area contributed by atoms with E-state index >= 15 is 0 Å². The number of alkyl halides is 3. The summed E-state index contributed by atoms with van der Waals surface area (Å²) in [5.41, 5.74) is 1.60. The van der Waals surface area contributed by atoms with E-state index < -0.39 is 28.2 Å². The third-order valence-electron chi connectivity index (χ3n) is 6.87. The number of piperidine rings is 1. The highest BCUT2D eigenvalue weighted by molar-refractivity contribution is 7.93. The van der Waals surface area contributed by atoms with Crippen LogP contribution >= 0.6 is 11.5 Å². The Hall–Kier alpha value is -2.71. The molecule has 14 heteroatoms. The predicted molar refractivity (Wildman–Crippen MR) is 126 cm³/mol. The van der Waals surface area contributed by atoms with Crippen molar-refractivity contribution in [2.45, 2.75) is 42.3 Å². The molecule has 1 fully saturated rings. The zero-order chi connectivity index (χ0) is 25.5. The van der Waals surface area contributed by atoms with E-state index in [0.29, 0.717) is 31.9 Å². The molecule has 1 saturated heterocycles. The lowest BCUT2D eigenvalue weighted by atomic mass is 9.86. The van der Waals surface area contributed by atoms with Gasteiger partial charge >= 0.3 is 6.18 Å². The minimum atomic E-state index is -4.24. The van der Waals surface area contributed by atoms with E-state index in [2.05, 4.69) is 24.1 Å². The smallest absolute Gasteiger partial charge is 0.391 e. The van der Waals surface area contributed by atoms with Crippen molar-refractivity contribution in [3.05, 3.63) is 48.0 Å². The molecule has 3 atom stereocenters. The minimum absolute atomic E-state index is 0.0141. The van der Waals surface area contributed by atoms with Crippen molar-refractivity contribution in [1.29, 1.82) is 0 Å². The van der Waals surface area contributed by atoms with Crippen LogP contribution in [0.3, 0.4) is 0 Å². The Kier molecular flexibility index (Phi) is 6.68. The molecule has 194 valence electrons. The third-order valence-corrected chi connectivity index (χ3v) is 8.92. The van der Waals surface area contributed by atoms with Gasteiger partial charge in [0, 0.05) is 43.3 Å². The fourth-order valence-corrected chi connectivity index (χ4v) is 6.70. The molecule has 4 heterocycles. The zero-order valence-corrected chi connectivity index (χ0v) is 21.0. The number of nitrogens with zero attached hydrogens (tertiary/aromatic N) is 5. The van der Waals surface area contributed by atoms with Crippen molar-refractivity contribution in [2.75, 3.05) is 24.4 Å². The molecular weight excluding hydrogens is 517 g/mol. The first kappa shape index (κ1) is 25.0. The summed E-state index contributed by atoms with van der Waals surface area (Å²) in [5.74, 6) is -0.905. The number of benzene rings is 1. The van der Waals surface area contributed by atoms with Crippen LogP contribution in [-0.4, -0.2) is 58.3 Å². The molecule has 0 unspecified atom stereocenters. The summed E-state index contributed by atoms with van der Waals surface area (Å²) in [6.07, 6.45) is -0.667. The zero-order valence-electron chi connectivity index (χ0n) is 19.3. The molecule has 0 bridgehead atoms. The Morgan fingerprint density at radius 1 is 1.25 bits per heavy atom. The summed E-state index contributed by atoms with van der Waals surface area (Å²) in [4.78, 5) is 5.99. The highest BCUT2D eigenvalue weighted by atomic mass is 32.2. The van der Waals surface area contributed by atoms with Crippen molar-refractivity contribution < 1.29 is 26.3 Å². The topological polar surface area (TPSA) is 102 Å². The average Bonchev–Trinajstić information content (AvgIpc) is 3.49. The van der Waals surface area contributed by atoms with Gasteiger partial charge in [-0.05, 0) is 43.5 Å². The van der Waals surface area contributed by atoms with Crippen LogP contribution in [0.25, 0.3) is 0 Å². The van der Waals surface area contributed by atoms with Crippen LogP contribution < -0.4 is 9.46 Å². The maximum atomic E-state index is 13.6. The van der Waals surface area contributed by atoms with Gasteiger partial charge in [-0.2, -0.15) is 22.6 Å². The number of anilines is 1. The second-order valence-electron chi connectivity index (χ2n) is 9.04. The molecule has 1 aromatic carbocycles. The van der Waals surface area contributed by atoms with Gasteiger partial charge in [-0.25, -0.2) is 13.4 Å². The molecule has 0 spiro atoms. The number of hydrogen-bond donors (Lipinski definition) is 1. The lowest BCUT2D eigenvalue weighted by molar-refractivity contribution is -0.190. The van der Waals surface area contributed by atoms with Crippen molar-refractivity contribution in [3.8, 4) is 5.75 Å². The van der Waals surface area contributed by atoms with E-state index in [1.165, 1.54) is 18.5 Å². The van der Waals surface area contributed by atoms with Gasteiger partial charge < -0.3 is 4.74 Å². The quantitative estimate of drug-likeness (QED) is 0.503. The fourth-order valence-electron chi connectivity index (χ4n) is 5.02. The van der Waals surface area contributed by atoms with Crippen LogP contribution in [0.4, 0.5) is 18.3 Å². The predicted octanol–water partition coefficient (Wildman–Crippen LogP) is 3.95. The number of ether oxygens (including phenoxy) is 1. The molecule has 3 aromatic rings. The lowest BCUT2D eigenvalue weighted by Gasteiger charge is -2.42. The highest BCUT2D eigenvalue weighted by Gasteiger charge is 2.45. The molecule has 0 amide bonds. The van der Waals surface area contributed by atoms with Gasteiger partial charge in [-0.15, -0.1) is 0 Å². The van der Waals surface area contributed by atoms with E-state index in [0.717, 1.165) is 22.8 Å². The molecule has 9 nitrogen and oxygen atoms in total. The first-order valence-electron chi connectivity index (χ1n) is 11.5. The van der Waals surface area contributed by atoms with Gasteiger partial charge in [-0.3, -0.25) is 14.3 Å². The Labute approximate surface area is 210 Å². The van der Waals surface area contributed by atoms with Crippen LogP contribution in [-0.2, 0) is 17.1 Å². The van der Waals surface area contributed by atoms with Crippen LogP contribution in [0.1, 0.15) is 42.5 Å². The number of rotatable bonds is 6. The van der Waals surface area contributed by atoms with E-state index in [1.807, 2.05) is 0 Å². The van der Waals surface area contributed by atoms with Gasteiger partial charge in [0.25, 0.3) is 10.0 Å². The van der Waals surface area contributed by atoms with Crippen LogP contribution in [0, 0.1) is 5.92 Å². The number of halogens is 3.